The van der Waals surface area contributed by atoms with E-state index in [9.17, 15) is 9.90 Å². The minimum absolute atomic E-state index is 0.327. The van der Waals surface area contributed by atoms with Crippen LogP contribution < -0.4 is 5.73 Å². The Labute approximate surface area is 167 Å². The number of nitrogens with zero attached hydrogens (tertiary/aromatic N) is 2. The summed E-state index contributed by atoms with van der Waals surface area (Å²) in [5.41, 5.74) is 7.94. The number of carbonyl (C=O) groups is 1. The Hall–Kier alpha value is -2.51. The molecule has 0 amide bonds. The zero-order valence-corrected chi connectivity index (χ0v) is 16.8. The van der Waals surface area contributed by atoms with Gasteiger partial charge in [0.05, 0.1) is 23.3 Å². The first-order valence-corrected chi connectivity index (χ1v) is 10.2. The number of hydrogen-bond acceptors (Lipinski definition) is 7. The Morgan fingerprint density at radius 2 is 2.25 bits per heavy atom. The molecule has 3 N–H and O–H groups in total. The van der Waals surface area contributed by atoms with Crippen LogP contribution in [0.2, 0.25) is 0 Å². The molecule has 1 aliphatic heterocycles. The number of aliphatic hydroxyl groups is 1. The van der Waals surface area contributed by atoms with Crippen LogP contribution in [0.15, 0.2) is 41.3 Å². The summed E-state index contributed by atoms with van der Waals surface area (Å²) >= 11 is 1.46. The van der Waals surface area contributed by atoms with Crippen molar-refractivity contribution in [1.82, 2.24) is 4.98 Å². The number of aliphatic imine (C=N–C) groups is 1. The summed E-state index contributed by atoms with van der Waals surface area (Å²) in [7, 11) is 1.37. The Morgan fingerprint density at radius 3 is 3.00 bits per heavy atom. The number of esters is 1. The van der Waals surface area contributed by atoms with Crippen molar-refractivity contribution in [2.45, 2.75) is 38.2 Å². The van der Waals surface area contributed by atoms with Crippen molar-refractivity contribution in [3.05, 3.63) is 62.9 Å². The van der Waals surface area contributed by atoms with E-state index in [1.165, 1.54) is 18.4 Å². The van der Waals surface area contributed by atoms with Crippen LogP contribution in [-0.2, 0) is 16.8 Å². The SMILES string of the molecule is COC(=O)c1ccc2c(c1)CCCC2(O)c1ncc(C2=NC(N)=CC(C)C2)s1. The summed E-state index contributed by atoms with van der Waals surface area (Å²) in [4.78, 5) is 21.8. The van der Waals surface area contributed by atoms with Gasteiger partial charge in [0.1, 0.15) is 16.4 Å². The molecule has 1 aliphatic carbocycles. The van der Waals surface area contributed by atoms with Crippen molar-refractivity contribution in [1.29, 1.82) is 0 Å². The van der Waals surface area contributed by atoms with Gasteiger partial charge in [0.25, 0.3) is 0 Å². The molecule has 0 radical (unpaired) electrons. The maximum atomic E-state index is 11.8. The number of thiazole rings is 1. The van der Waals surface area contributed by atoms with E-state index >= 15 is 0 Å². The molecule has 6 nitrogen and oxygen atoms in total. The Bertz CT molecular complexity index is 995. The van der Waals surface area contributed by atoms with Crippen LogP contribution in [0.5, 0.6) is 0 Å². The second-order valence-electron chi connectivity index (χ2n) is 7.44. The Morgan fingerprint density at radius 1 is 1.43 bits per heavy atom. The largest absolute Gasteiger partial charge is 0.465 e. The maximum absolute atomic E-state index is 11.8. The van der Waals surface area contributed by atoms with Crippen molar-refractivity contribution < 1.29 is 14.6 Å². The second kappa shape index (κ2) is 7.14. The quantitative estimate of drug-likeness (QED) is 0.776. The van der Waals surface area contributed by atoms with Gasteiger partial charge in [-0.05, 0) is 60.9 Å². The minimum Gasteiger partial charge on any atom is -0.465 e. The van der Waals surface area contributed by atoms with Gasteiger partial charge < -0.3 is 15.6 Å². The smallest absolute Gasteiger partial charge is 0.337 e. The number of aromatic nitrogens is 1. The molecular weight excluding hydrogens is 374 g/mol. The first-order valence-electron chi connectivity index (χ1n) is 9.36. The summed E-state index contributed by atoms with van der Waals surface area (Å²) < 4.78 is 4.81. The molecule has 0 bridgehead atoms. The molecule has 4 rings (SSSR count). The van der Waals surface area contributed by atoms with Gasteiger partial charge in [-0.1, -0.05) is 13.0 Å². The van der Waals surface area contributed by atoms with E-state index in [2.05, 4.69) is 16.9 Å². The molecule has 0 saturated heterocycles. The highest BCUT2D eigenvalue weighted by Crippen LogP contribution is 2.42. The Balaban J connectivity index is 1.70. The summed E-state index contributed by atoms with van der Waals surface area (Å²) in [6.45, 7) is 2.10. The molecule has 146 valence electrons. The van der Waals surface area contributed by atoms with Crippen LogP contribution in [-0.4, -0.2) is 28.9 Å². The molecule has 7 heteroatoms. The highest BCUT2D eigenvalue weighted by Gasteiger charge is 2.39. The van der Waals surface area contributed by atoms with Crippen LogP contribution in [0.3, 0.4) is 0 Å². The highest BCUT2D eigenvalue weighted by atomic mass is 32.1. The van der Waals surface area contributed by atoms with E-state index in [1.807, 2.05) is 18.2 Å². The molecular formula is C21H23N3O3S. The molecule has 2 atom stereocenters. The molecule has 1 aromatic carbocycles. The van der Waals surface area contributed by atoms with Gasteiger partial charge in [-0.25, -0.2) is 14.8 Å². The van der Waals surface area contributed by atoms with E-state index in [-0.39, 0.29) is 5.97 Å². The van der Waals surface area contributed by atoms with Crippen LogP contribution in [0.25, 0.3) is 0 Å². The third kappa shape index (κ3) is 3.25. The van der Waals surface area contributed by atoms with E-state index in [1.54, 1.807) is 12.3 Å². The lowest BCUT2D eigenvalue weighted by atomic mass is 9.79. The molecule has 2 aromatic rings. The number of benzene rings is 1. The van der Waals surface area contributed by atoms with Crippen molar-refractivity contribution >= 4 is 23.0 Å². The van der Waals surface area contributed by atoms with Crippen molar-refractivity contribution in [2.75, 3.05) is 7.11 Å². The average Bonchev–Trinajstić information content (AvgIpc) is 3.17. The van der Waals surface area contributed by atoms with Gasteiger partial charge in [-0.15, -0.1) is 11.3 Å². The number of carbonyl (C=O) groups excluding carboxylic acids is 1. The number of hydrogen-bond donors (Lipinski definition) is 2. The first-order chi connectivity index (χ1) is 13.4. The molecule has 2 aliphatic rings. The predicted molar refractivity (Wildman–Crippen MR) is 108 cm³/mol. The number of methoxy groups -OCH3 is 1. The van der Waals surface area contributed by atoms with Gasteiger partial charge >= 0.3 is 5.97 Å². The lowest BCUT2D eigenvalue weighted by Gasteiger charge is -2.33. The van der Waals surface area contributed by atoms with Crippen LogP contribution >= 0.6 is 11.3 Å². The minimum atomic E-state index is -1.16. The number of rotatable bonds is 3. The summed E-state index contributed by atoms with van der Waals surface area (Å²) in [6, 6.07) is 5.34. The third-order valence-electron chi connectivity index (χ3n) is 5.34. The number of aryl methyl sites for hydroxylation is 1. The van der Waals surface area contributed by atoms with Crippen molar-refractivity contribution in [2.24, 2.45) is 16.6 Å². The fourth-order valence-electron chi connectivity index (χ4n) is 3.99. The van der Waals surface area contributed by atoms with Gasteiger partial charge in [-0.2, -0.15) is 0 Å². The second-order valence-corrected chi connectivity index (χ2v) is 8.47. The standard InChI is InChI=1S/C21H23N3O3S/c1-12-8-16(24-18(22)9-12)17-11-23-20(28-17)21(26)7-3-4-13-10-14(19(25)27-2)5-6-15(13)21/h5-6,9-12,26H,3-4,7-8,22H2,1-2H3. The molecule has 0 fully saturated rings. The first kappa shape index (κ1) is 18.8. The van der Waals surface area contributed by atoms with Crippen LogP contribution in [0, 0.1) is 5.92 Å². The topological polar surface area (TPSA) is 97.8 Å². The highest BCUT2D eigenvalue weighted by molar-refractivity contribution is 7.13. The van der Waals surface area contributed by atoms with Gasteiger partial charge in [0.2, 0.25) is 0 Å². The van der Waals surface area contributed by atoms with Gasteiger partial charge in [0, 0.05) is 6.20 Å². The van der Waals surface area contributed by atoms with E-state index in [0.29, 0.717) is 28.7 Å². The van der Waals surface area contributed by atoms with E-state index in [4.69, 9.17) is 10.5 Å². The summed E-state index contributed by atoms with van der Waals surface area (Å²) in [5, 5.41) is 12.2. The molecule has 0 spiro atoms. The van der Waals surface area contributed by atoms with Gasteiger partial charge in [0.15, 0.2) is 0 Å². The normalized spacial score (nSPS) is 24.2. The third-order valence-corrected chi connectivity index (χ3v) is 6.53. The fourth-order valence-corrected chi connectivity index (χ4v) is 5.04. The lowest BCUT2D eigenvalue weighted by Crippen LogP contribution is -2.32. The maximum Gasteiger partial charge on any atom is 0.337 e. The summed E-state index contributed by atoms with van der Waals surface area (Å²) in [6.07, 6.45) is 6.76. The van der Waals surface area contributed by atoms with Crippen molar-refractivity contribution in [3.8, 4) is 0 Å². The van der Waals surface area contributed by atoms with Crippen molar-refractivity contribution in [3.63, 3.8) is 0 Å². The monoisotopic (exact) mass is 397 g/mol. The van der Waals surface area contributed by atoms with E-state index < -0.39 is 5.60 Å². The molecule has 1 aromatic heterocycles. The number of ether oxygens (including phenoxy) is 1. The number of fused-ring (bicyclic) bond motifs is 1. The van der Waals surface area contributed by atoms with E-state index in [0.717, 1.165) is 41.0 Å². The zero-order valence-electron chi connectivity index (χ0n) is 15.9. The van der Waals surface area contributed by atoms with Crippen LogP contribution in [0.4, 0.5) is 0 Å². The van der Waals surface area contributed by atoms with Gasteiger partial charge in [-0.3, -0.25) is 0 Å². The lowest BCUT2D eigenvalue weighted by molar-refractivity contribution is 0.0583. The average molecular weight is 398 g/mol. The zero-order chi connectivity index (χ0) is 19.9. The number of nitrogens with two attached hydrogens (primary N) is 1. The predicted octanol–water partition coefficient (Wildman–Crippen LogP) is 3.13. The molecule has 0 saturated carbocycles. The summed E-state index contributed by atoms with van der Waals surface area (Å²) in [5.74, 6) is 0.484. The molecule has 2 unspecified atom stereocenters. The number of allylic oxidation sites excluding steroid dienone is 1. The van der Waals surface area contributed by atoms with Crippen LogP contribution in [0.1, 0.15) is 57.6 Å². The Kier molecular flexibility index (Phi) is 4.81. The fraction of sp³-hybridized carbons (Fsp3) is 0.381. The molecule has 28 heavy (non-hydrogen) atoms. The molecule has 2 heterocycles.